The Hall–Kier alpha value is -0.660. The molecule has 2 N–H and O–H groups in total. The van der Waals surface area contributed by atoms with E-state index in [1.165, 1.54) is 4.31 Å². The average molecular weight is 307 g/mol. The number of ether oxygens (including phenoxy) is 1. The van der Waals surface area contributed by atoms with E-state index in [0.717, 1.165) is 12.0 Å². The molecule has 1 atom stereocenters. The third-order valence-electron chi connectivity index (χ3n) is 3.03. The summed E-state index contributed by atoms with van der Waals surface area (Å²) in [5, 5.41) is 0. The molecule has 0 amide bonds. The van der Waals surface area contributed by atoms with Gasteiger partial charge in [0, 0.05) is 26.2 Å². The Kier molecular flexibility index (Phi) is 5.76. The van der Waals surface area contributed by atoms with Crippen molar-refractivity contribution in [2.45, 2.75) is 24.0 Å². The molecule has 0 saturated carbocycles. The molecule has 1 aliphatic heterocycles. The van der Waals surface area contributed by atoms with Gasteiger partial charge in [-0.1, -0.05) is 12.1 Å². The topological polar surface area (TPSA) is 72.6 Å². The number of nitrogens with two attached hydrogens (primary N) is 1. The zero-order valence-electron chi connectivity index (χ0n) is 10.8. The summed E-state index contributed by atoms with van der Waals surface area (Å²) in [6, 6.07) is 6.79. The van der Waals surface area contributed by atoms with Gasteiger partial charge in [0.2, 0.25) is 10.0 Å². The van der Waals surface area contributed by atoms with Crippen molar-refractivity contribution in [3.63, 3.8) is 0 Å². The zero-order chi connectivity index (χ0) is 13.2. The third-order valence-corrected chi connectivity index (χ3v) is 4.90. The van der Waals surface area contributed by atoms with Crippen LogP contribution in [0.15, 0.2) is 29.2 Å². The minimum absolute atomic E-state index is 0. The number of hydrogen-bond donors (Lipinski definition) is 1. The normalized spacial score (nSPS) is 20.2. The standard InChI is InChI=1S/C12H18N2O3S.ClH/c1-17-9-10-3-2-4-12(7-10)18(15,16)14-6-5-11(13)8-14;/h2-4,7,11H,5-6,8-9,13H2,1H3;1H/t11-;/m1./s1. The molecule has 1 aromatic carbocycles. The van der Waals surface area contributed by atoms with Crippen LogP contribution in [0.25, 0.3) is 0 Å². The Balaban J connectivity index is 0.00000180. The minimum Gasteiger partial charge on any atom is -0.380 e. The van der Waals surface area contributed by atoms with Crippen LogP contribution in [0.2, 0.25) is 0 Å². The number of benzene rings is 1. The summed E-state index contributed by atoms with van der Waals surface area (Å²) in [5.41, 5.74) is 6.60. The molecule has 1 fully saturated rings. The van der Waals surface area contributed by atoms with E-state index in [9.17, 15) is 8.42 Å². The molecule has 0 bridgehead atoms. The zero-order valence-corrected chi connectivity index (χ0v) is 12.4. The Morgan fingerprint density at radius 1 is 1.47 bits per heavy atom. The Labute approximate surface area is 120 Å². The first-order valence-corrected chi connectivity index (χ1v) is 7.31. The summed E-state index contributed by atoms with van der Waals surface area (Å²) in [6.07, 6.45) is 0.719. The molecule has 0 unspecified atom stereocenters. The van der Waals surface area contributed by atoms with Crippen LogP contribution in [0.1, 0.15) is 12.0 Å². The molecule has 1 aromatic rings. The predicted molar refractivity (Wildman–Crippen MR) is 75.8 cm³/mol. The SMILES string of the molecule is COCc1cccc(S(=O)(=O)N2CC[C@@H](N)C2)c1.Cl. The van der Waals surface area contributed by atoms with Crippen molar-refractivity contribution in [2.24, 2.45) is 5.73 Å². The average Bonchev–Trinajstić information content (AvgIpc) is 2.77. The molecular formula is C12H19ClN2O3S. The van der Waals surface area contributed by atoms with Crippen LogP contribution in [-0.2, 0) is 21.4 Å². The summed E-state index contributed by atoms with van der Waals surface area (Å²) in [7, 11) is -1.83. The first-order chi connectivity index (χ1) is 8.54. The number of methoxy groups -OCH3 is 1. The van der Waals surface area contributed by atoms with Crippen molar-refractivity contribution in [3.05, 3.63) is 29.8 Å². The second kappa shape index (κ2) is 6.67. The fraction of sp³-hybridized carbons (Fsp3) is 0.500. The number of rotatable bonds is 4. The second-order valence-electron chi connectivity index (χ2n) is 4.49. The van der Waals surface area contributed by atoms with E-state index in [1.807, 2.05) is 6.07 Å². The fourth-order valence-corrected chi connectivity index (χ4v) is 3.67. The van der Waals surface area contributed by atoms with E-state index in [4.69, 9.17) is 10.5 Å². The predicted octanol–water partition coefficient (Wildman–Crippen LogP) is 0.976. The number of halogens is 1. The Morgan fingerprint density at radius 3 is 2.79 bits per heavy atom. The van der Waals surface area contributed by atoms with Crippen LogP contribution >= 0.6 is 12.4 Å². The molecule has 2 rings (SSSR count). The molecule has 1 heterocycles. The van der Waals surface area contributed by atoms with Gasteiger partial charge in [0.1, 0.15) is 0 Å². The van der Waals surface area contributed by atoms with E-state index in [1.54, 1.807) is 25.3 Å². The molecular weight excluding hydrogens is 288 g/mol. The molecule has 1 saturated heterocycles. The number of sulfonamides is 1. The van der Waals surface area contributed by atoms with Crippen LogP contribution in [0.4, 0.5) is 0 Å². The van der Waals surface area contributed by atoms with Gasteiger partial charge < -0.3 is 10.5 Å². The molecule has 5 nitrogen and oxygen atoms in total. The van der Waals surface area contributed by atoms with E-state index in [-0.39, 0.29) is 18.4 Å². The molecule has 19 heavy (non-hydrogen) atoms. The largest absolute Gasteiger partial charge is 0.380 e. The van der Waals surface area contributed by atoms with Gasteiger partial charge in [0.25, 0.3) is 0 Å². The molecule has 0 aromatic heterocycles. The van der Waals surface area contributed by atoms with Crippen LogP contribution in [-0.4, -0.2) is 39.0 Å². The first kappa shape index (κ1) is 16.4. The summed E-state index contributed by atoms with van der Waals surface area (Å²) < 4.78 is 31.2. The minimum atomic E-state index is -3.41. The molecule has 7 heteroatoms. The maximum absolute atomic E-state index is 12.4. The highest BCUT2D eigenvalue weighted by Gasteiger charge is 2.30. The highest BCUT2D eigenvalue weighted by atomic mass is 35.5. The smallest absolute Gasteiger partial charge is 0.243 e. The highest BCUT2D eigenvalue weighted by Crippen LogP contribution is 2.21. The Morgan fingerprint density at radius 2 is 2.21 bits per heavy atom. The van der Waals surface area contributed by atoms with Crippen molar-refractivity contribution in [2.75, 3.05) is 20.2 Å². The fourth-order valence-electron chi connectivity index (χ4n) is 2.08. The van der Waals surface area contributed by atoms with Gasteiger partial charge in [-0.3, -0.25) is 0 Å². The lowest BCUT2D eigenvalue weighted by Crippen LogP contribution is -2.32. The van der Waals surface area contributed by atoms with Crippen molar-refractivity contribution in [1.29, 1.82) is 0 Å². The number of nitrogens with zero attached hydrogens (tertiary/aromatic N) is 1. The molecule has 1 aliphatic rings. The molecule has 108 valence electrons. The van der Waals surface area contributed by atoms with Crippen LogP contribution < -0.4 is 5.73 Å². The monoisotopic (exact) mass is 306 g/mol. The summed E-state index contributed by atoms with van der Waals surface area (Å²) in [5.74, 6) is 0. The highest BCUT2D eigenvalue weighted by molar-refractivity contribution is 7.89. The molecule has 0 aliphatic carbocycles. The van der Waals surface area contributed by atoms with Crippen LogP contribution in [0, 0.1) is 0 Å². The first-order valence-electron chi connectivity index (χ1n) is 5.87. The van der Waals surface area contributed by atoms with Gasteiger partial charge in [0.05, 0.1) is 11.5 Å². The third kappa shape index (κ3) is 3.67. The summed E-state index contributed by atoms with van der Waals surface area (Å²) >= 11 is 0. The summed E-state index contributed by atoms with van der Waals surface area (Å²) in [4.78, 5) is 0.311. The van der Waals surface area contributed by atoms with Gasteiger partial charge in [-0.15, -0.1) is 12.4 Å². The van der Waals surface area contributed by atoms with Crippen molar-refractivity contribution in [1.82, 2.24) is 4.31 Å². The van der Waals surface area contributed by atoms with Crippen molar-refractivity contribution in [3.8, 4) is 0 Å². The van der Waals surface area contributed by atoms with Crippen molar-refractivity contribution < 1.29 is 13.2 Å². The quantitative estimate of drug-likeness (QED) is 0.900. The lowest BCUT2D eigenvalue weighted by Gasteiger charge is -2.16. The van der Waals surface area contributed by atoms with Gasteiger partial charge in [-0.05, 0) is 24.1 Å². The van der Waals surface area contributed by atoms with E-state index in [0.29, 0.717) is 24.6 Å². The maximum Gasteiger partial charge on any atom is 0.243 e. The molecule has 0 spiro atoms. The van der Waals surface area contributed by atoms with Crippen LogP contribution in [0.3, 0.4) is 0 Å². The Bertz CT molecular complexity index is 521. The van der Waals surface area contributed by atoms with Gasteiger partial charge in [-0.25, -0.2) is 8.42 Å². The lowest BCUT2D eigenvalue weighted by molar-refractivity contribution is 0.184. The van der Waals surface area contributed by atoms with E-state index >= 15 is 0 Å². The van der Waals surface area contributed by atoms with Crippen molar-refractivity contribution >= 4 is 22.4 Å². The van der Waals surface area contributed by atoms with Gasteiger partial charge in [-0.2, -0.15) is 4.31 Å². The summed E-state index contributed by atoms with van der Waals surface area (Å²) in [6.45, 7) is 1.30. The second-order valence-corrected chi connectivity index (χ2v) is 6.43. The van der Waals surface area contributed by atoms with Gasteiger partial charge >= 0.3 is 0 Å². The maximum atomic E-state index is 12.4. The number of hydrogen-bond acceptors (Lipinski definition) is 4. The van der Waals surface area contributed by atoms with Gasteiger partial charge in [0.15, 0.2) is 0 Å². The molecule has 0 radical (unpaired) electrons. The lowest BCUT2D eigenvalue weighted by atomic mass is 10.2. The van der Waals surface area contributed by atoms with E-state index in [2.05, 4.69) is 0 Å². The van der Waals surface area contributed by atoms with Crippen LogP contribution in [0.5, 0.6) is 0 Å². The van der Waals surface area contributed by atoms with E-state index < -0.39 is 10.0 Å².